The molecule has 2 heterocycles. The molecule has 0 aliphatic heterocycles. The van der Waals surface area contributed by atoms with E-state index in [1.807, 2.05) is 0 Å². The highest BCUT2D eigenvalue weighted by molar-refractivity contribution is 7.92. The van der Waals surface area contributed by atoms with Crippen LogP contribution in [0.3, 0.4) is 0 Å². The second kappa shape index (κ2) is 8.07. The zero-order chi connectivity index (χ0) is 22.0. The molecule has 0 fully saturated rings. The molecule has 10 heteroatoms. The Kier molecular flexibility index (Phi) is 5.30. The molecule has 0 aliphatic carbocycles. The topological polar surface area (TPSA) is 127 Å². The zero-order valence-electron chi connectivity index (χ0n) is 16.6. The fourth-order valence-corrected chi connectivity index (χ4v) is 3.91. The van der Waals surface area contributed by atoms with Crippen molar-refractivity contribution in [2.45, 2.75) is 18.7 Å². The van der Waals surface area contributed by atoms with Crippen molar-refractivity contribution >= 4 is 27.3 Å². The molecule has 2 aromatic carbocycles. The SMILES string of the molecule is Cc1nc(-c2ccc(S(=O)(=O)Nc3ccc(NC(=O)c4cnoc4C)cc3)cc2)co1. The number of amides is 1. The van der Waals surface area contributed by atoms with Crippen LogP contribution < -0.4 is 10.0 Å². The molecule has 2 aromatic heterocycles. The van der Waals surface area contributed by atoms with Crippen LogP contribution in [0.1, 0.15) is 22.0 Å². The third-order valence-corrected chi connectivity index (χ3v) is 5.87. The van der Waals surface area contributed by atoms with Crippen molar-refractivity contribution in [3.63, 3.8) is 0 Å². The van der Waals surface area contributed by atoms with Crippen LogP contribution in [0.25, 0.3) is 11.3 Å². The van der Waals surface area contributed by atoms with Crippen molar-refractivity contribution < 1.29 is 22.2 Å². The molecular formula is C21H18N4O5S. The largest absolute Gasteiger partial charge is 0.449 e. The minimum absolute atomic E-state index is 0.108. The number of nitrogens with one attached hydrogen (secondary N) is 2. The number of rotatable bonds is 6. The molecule has 0 spiro atoms. The van der Waals surface area contributed by atoms with E-state index in [0.29, 0.717) is 34.3 Å². The van der Waals surface area contributed by atoms with Crippen molar-refractivity contribution in [3.8, 4) is 11.3 Å². The average molecular weight is 438 g/mol. The molecule has 0 saturated heterocycles. The maximum atomic E-state index is 12.7. The molecular weight excluding hydrogens is 420 g/mol. The minimum atomic E-state index is -3.79. The van der Waals surface area contributed by atoms with E-state index in [1.165, 1.54) is 24.6 Å². The highest BCUT2D eigenvalue weighted by atomic mass is 32.2. The lowest BCUT2D eigenvalue weighted by atomic mass is 10.2. The van der Waals surface area contributed by atoms with Gasteiger partial charge in [0.2, 0.25) is 0 Å². The van der Waals surface area contributed by atoms with Crippen LogP contribution in [-0.4, -0.2) is 24.5 Å². The zero-order valence-corrected chi connectivity index (χ0v) is 17.4. The minimum Gasteiger partial charge on any atom is -0.449 e. The third-order valence-electron chi connectivity index (χ3n) is 4.47. The van der Waals surface area contributed by atoms with Gasteiger partial charge in [-0.25, -0.2) is 13.4 Å². The molecule has 9 nitrogen and oxygen atoms in total. The summed E-state index contributed by atoms with van der Waals surface area (Å²) < 4.78 is 37.9. The van der Waals surface area contributed by atoms with E-state index in [-0.39, 0.29) is 10.8 Å². The number of aryl methyl sites for hydroxylation is 2. The summed E-state index contributed by atoms with van der Waals surface area (Å²) in [6.45, 7) is 3.37. The second-order valence-corrected chi connectivity index (χ2v) is 8.39. The summed E-state index contributed by atoms with van der Waals surface area (Å²) in [5.74, 6) is 0.575. The van der Waals surface area contributed by atoms with Gasteiger partial charge in [-0.3, -0.25) is 9.52 Å². The first-order valence-corrected chi connectivity index (χ1v) is 10.7. The van der Waals surface area contributed by atoms with Gasteiger partial charge in [0.25, 0.3) is 15.9 Å². The van der Waals surface area contributed by atoms with E-state index in [2.05, 4.69) is 20.2 Å². The van der Waals surface area contributed by atoms with Crippen molar-refractivity contribution in [1.29, 1.82) is 0 Å². The lowest BCUT2D eigenvalue weighted by Crippen LogP contribution is -2.14. The van der Waals surface area contributed by atoms with Gasteiger partial charge >= 0.3 is 0 Å². The summed E-state index contributed by atoms with van der Waals surface area (Å²) in [4.78, 5) is 16.5. The van der Waals surface area contributed by atoms with Crippen LogP contribution >= 0.6 is 0 Å². The number of carbonyl (C=O) groups is 1. The van der Waals surface area contributed by atoms with E-state index >= 15 is 0 Å². The van der Waals surface area contributed by atoms with Crippen molar-refractivity contribution in [1.82, 2.24) is 10.1 Å². The van der Waals surface area contributed by atoms with Crippen LogP contribution in [0, 0.1) is 13.8 Å². The number of hydrogen-bond donors (Lipinski definition) is 2. The highest BCUT2D eigenvalue weighted by Gasteiger charge is 2.16. The maximum Gasteiger partial charge on any atom is 0.261 e. The average Bonchev–Trinajstić information content (AvgIpc) is 3.37. The predicted octanol–water partition coefficient (Wildman–Crippen LogP) is 4.00. The van der Waals surface area contributed by atoms with Gasteiger partial charge in [0.1, 0.15) is 23.3 Å². The Morgan fingerprint density at radius 2 is 1.65 bits per heavy atom. The number of carbonyl (C=O) groups excluding carboxylic acids is 1. The lowest BCUT2D eigenvalue weighted by Gasteiger charge is -2.10. The molecule has 0 aliphatic rings. The van der Waals surface area contributed by atoms with E-state index < -0.39 is 10.0 Å². The maximum absolute atomic E-state index is 12.7. The summed E-state index contributed by atoms with van der Waals surface area (Å²) in [6.07, 6.45) is 2.85. The molecule has 0 saturated carbocycles. The molecule has 4 aromatic rings. The molecule has 31 heavy (non-hydrogen) atoms. The van der Waals surface area contributed by atoms with Gasteiger partial charge in [-0.05, 0) is 43.3 Å². The lowest BCUT2D eigenvalue weighted by molar-refractivity contribution is 0.102. The van der Waals surface area contributed by atoms with Gasteiger partial charge in [-0.1, -0.05) is 17.3 Å². The second-order valence-electron chi connectivity index (χ2n) is 6.71. The highest BCUT2D eigenvalue weighted by Crippen LogP contribution is 2.23. The van der Waals surface area contributed by atoms with Gasteiger partial charge in [-0.15, -0.1) is 0 Å². The van der Waals surface area contributed by atoms with Crippen LogP contribution in [-0.2, 0) is 10.0 Å². The molecule has 0 radical (unpaired) electrons. The Morgan fingerprint density at radius 1 is 0.968 bits per heavy atom. The first-order valence-electron chi connectivity index (χ1n) is 9.20. The van der Waals surface area contributed by atoms with E-state index in [0.717, 1.165) is 5.56 Å². The van der Waals surface area contributed by atoms with E-state index in [9.17, 15) is 13.2 Å². The monoisotopic (exact) mass is 438 g/mol. The van der Waals surface area contributed by atoms with Gasteiger partial charge in [0.05, 0.1) is 11.1 Å². The quantitative estimate of drug-likeness (QED) is 0.466. The smallest absolute Gasteiger partial charge is 0.261 e. The first kappa shape index (κ1) is 20.4. The van der Waals surface area contributed by atoms with Crippen LogP contribution in [0.4, 0.5) is 11.4 Å². The number of anilines is 2. The number of oxazole rings is 1. The number of nitrogens with zero attached hydrogens (tertiary/aromatic N) is 2. The van der Waals surface area contributed by atoms with Gasteiger partial charge in [0.15, 0.2) is 5.89 Å². The summed E-state index contributed by atoms with van der Waals surface area (Å²) in [5, 5.41) is 6.27. The molecule has 0 bridgehead atoms. The molecule has 1 amide bonds. The van der Waals surface area contributed by atoms with E-state index in [4.69, 9.17) is 8.94 Å². The molecule has 4 rings (SSSR count). The Labute approximate surface area is 178 Å². The van der Waals surface area contributed by atoms with Crippen LogP contribution in [0.2, 0.25) is 0 Å². The van der Waals surface area contributed by atoms with Gasteiger partial charge < -0.3 is 14.3 Å². The standard InChI is InChI=1S/C21H18N4O5S/c1-13-19(11-22-30-13)21(26)24-16-5-7-17(8-6-16)25-31(27,28)18-9-3-15(4-10-18)20-12-29-14(2)23-20/h3-12,25H,1-2H3,(H,24,26). The fourth-order valence-electron chi connectivity index (χ4n) is 2.85. The third kappa shape index (κ3) is 4.48. The summed E-state index contributed by atoms with van der Waals surface area (Å²) in [6, 6.07) is 12.6. The Balaban J connectivity index is 1.44. The van der Waals surface area contributed by atoms with Crippen molar-refractivity contribution in [2.24, 2.45) is 0 Å². The van der Waals surface area contributed by atoms with E-state index in [1.54, 1.807) is 50.2 Å². The molecule has 158 valence electrons. The number of aromatic nitrogens is 2. The Bertz CT molecular complexity index is 1320. The van der Waals surface area contributed by atoms with Gasteiger partial charge in [-0.2, -0.15) is 0 Å². The van der Waals surface area contributed by atoms with Gasteiger partial charge in [0, 0.05) is 23.9 Å². The molecule has 2 N–H and O–H groups in total. The molecule has 0 unspecified atom stereocenters. The fraction of sp³-hybridized carbons (Fsp3) is 0.0952. The first-order chi connectivity index (χ1) is 14.8. The Morgan fingerprint density at radius 3 is 2.23 bits per heavy atom. The number of benzene rings is 2. The van der Waals surface area contributed by atoms with Crippen LogP contribution in [0.15, 0.2) is 74.8 Å². The van der Waals surface area contributed by atoms with Crippen LogP contribution in [0.5, 0.6) is 0 Å². The van der Waals surface area contributed by atoms with Crippen molar-refractivity contribution in [2.75, 3.05) is 10.0 Å². The summed E-state index contributed by atoms with van der Waals surface area (Å²) >= 11 is 0. The van der Waals surface area contributed by atoms with Crippen molar-refractivity contribution in [3.05, 3.63) is 78.2 Å². The number of hydrogen-bond acceptors (Lipinski definition) is 7. The summed E-state index contributed by atoms with van der Waals surface area (Å²) in [7, 11) is -3.79. The number of sulfonamides is 1. The summed E-state index contributed by atoms with van der Waals surface area (Å²) in [5.41, 5.74) is 2.57. The predicted molar refractivity (Wildman–Crippen MR) is 113 cm³/mol. The molecule has 0 atom stereocenters. The Hall–Kier alpha value is -3.92. The normalized spacial score (nSPS) is 11.3.